The monoisotopic (exact) mass is 289 g/mol. The van der Waals surface area contributed by atoms with Crippen LogP contribution in [0.3, 0.4) is 0 Å². The van der Waals surface area contributed by atoms with Crippen LogP contribution in [0.5, 0.6) is 0 Å². The van der Waals surface area contributed by atoms with Gasteiger partial charge in [-0.1, -0.05) is 44.2 Å². The Morgan fingerprint density at radius 2 is 1.85 bits per heavy atom. The molecule has 20 heavy (non-hydrogen) atoms. The summed E-state index contributed by atoms with van der Waals surface area (Å²) < 4.78 is 0. The van der Waals surface area contributed by atoms with Crippen LogP contribution >= 0.6 is 11.3 Å². The fourth-order valence-corrected chi connectivity index (χ4v) is 2.91. The fourth-order valence-electron chi connectivity index (χ4n) is 1.99. The van der Waals surface area contributed by atoms with Crippen molar-refractivity contribution in [2.75, 3.05) is 13.1 Å². The summed E-state index contributed by atoms with van der Waals surface area (Å²) in [5.41, 5.74) is 1.30. The smallest absolute Gasteiger partial charge is 0.121 e. The van der Waals surface area contributed by atoms with Crippen LogP contribution in [0.2, 0.25) is 0 Å². The summed E-state index contributed by atoms with van der Waals surface area (Å²) in [6.45, 7) is 6.61. The van der Waals surface area contributed by atoms with Crippen LogP contribution < -0.4 is 5.32 Å². The lowest BCUT2D eigenvalue weighted by atomic mass is 10.2. The first-order valence-electron chi connectivity index (χ1n) is 7.30. The highest BCUT2D eigenvalue weighted by Gasteiger charge is 2.05. The van der Waals surface area contributed by atoms with Gasteiger partial charge in [0, 0.05) is 12.8 Å². The van der Waals surface area contributed by atoms with Crippen molar-refractivity contribution in [1.29, 1.82) is 0 Å². The lowest BCUT2D eigenvalue weighted by Gasteiger charge is -2.05. The molecule has 0 aliphatic rings. The largest absolute Gasteiger partial charge is 0.316 e. The molecule has 108 valence electrons. The van der Waals surface area contributed by atoms with Crippen LogP contribution in [0.15, 0.2) is 30.3 Å². The second-order valence-corrected chi connectivity index (χ2v) is 6.60. The van der Waals surface area contributed by atoms with Gasteiger partial charge < -0.3 is 5.32 Å². The van der Waals surface area contributed by atoms with Crippen molar-refractivity contribution in [2.45, 2.75) is 33.1 Å². The molecule has 0 spiro atoms. The predicted octanol–water partition coefficient (Wildman–Crippen LogP) is 3.31. The molecule has 0 aliphatic heterocycles. The lowest BCUT2D eigenvalue weighted by Crippen LogP contribution is -2.21. The van der Waals surface area contributed by atoms with E-state index in [1.807, 2.05) is 6.07 Å². The van der Waals surface area contributed by atoms with Crippen molar-refractivity contribution >= 4 is 11.3 Å². The lowest BCUT2D eigenvalue weighted by molar-refractivity contribution is 0.542. The van der Waals surface area contributed by atoms with Gasteiger partial charge in [-0.15, -0.1) is 21.5 Å². The molecule has 0 bridgehead atoms. The number of benzene rings is 1. The summed E-state index contributed by atoms with van der Waals surface area (Å²) in [6, 6.07) is 10.4. The minimum Gasteiger partial charge on any atom is -0.316 e. The normalized spacial score (nSPS) is 11.2. The Hall–Kier alpha value is -1.26. The highest BCUT2D eigenvalue weighted by atomic mass is 32.1. The minimum atomic E-state index is 0.717. The third-order valence-electron chi connectivity index (χ3n) is 3.00. The SMILES string of the molecule is CC(C)CNCCCc1nnc(Cc2ccccc2)s1. The molecule has 0 amide bonds. The van der Waals surface area contributed by atoms with Gasteiger partial charge in [-0.3, -0.25) is 0 Å². The third kappa shape index (κ3) is 5.39. The van der Waals surface area contributed by atoms with Crippen LogP contribution in [0.1, 0.15) is 35.8 Å². The first-order chi connectivity index (χ1) is 9.74. The van der Waals surface area contributed by atoms with Crippen molar-refractivity contribution in [1.82, 2.24) is 15.5 Å². The Bertz CT molecular complexity index is 493. The van der Waals surface area contributed by atoms with Crippen molar-refractivity contribution < 1.29 is 0 Å². The molecule has 0 unspecified atom stereocenters. The molecule has 0 fully saturated rings. The Kier molecular flexibility index (Phi) is 6.15. The molecule has 0 aliphatic carbocycles. The van der Waals surface area contributed by atoms with E-state index in [-0.39, 0.29) is 0 Å². The number of hydrogen-bond acceptors (Lipinski definition) is 4. The Balaban J connectivity index is 1.72. The van der Waals surface area contributed by atoms with Crippen LogP contribution in [-0.4, -0.2) is 23.3 Å². The van der Waals surface area contributed by atoms with Crippen LogP contribution in [-0.2, 0) is 12.8 Å². The Morgan fingerprint density at radius 1 is 1.10 bits per heavy atom. The average Bonchev–Trinajstić information content (AvgIpc) is 2.87. The molecule has 2 aromatic rings. The molecule has 1 N–H and O–H groups in total. The molecule has 3 nitrogen and oxygen atoms in total. The third-order valence-corrected chi connectivity index (χ3v) is 3.99. The molecule has 0 radical (unpaired) electrons. The van der Waals surface area contributed by atoms with Gasteiger partial charge in [0.1, 0.15) is 10.0 Å². The van der Waals surface area contributed by atoms with Gasteiger partial charge in [0.05, 0.1) is 0 Å². The van der Waals surface area contributed by atoms with Crippen LogP contribution in [0.25, 0.3) is 0 Å². The first kappa shape index (κ1) is 15.1. The first-order valence-corrected chi connectivity index (χ1v) is 8.11. The van der Waals surface area contributed by atoms with Gasteiger partial charge in [-0.05, 0) is 31.0 Å². The maximum absolute atomic E-state index is 4.29. The standard InChI is InChI=1S/C16H23N3S/c1-13(2)12-17-10-6-9-15-18-19-16(20-15)11-14-7-4-3-5-8-14/h3-5,7-8,13,17H,6,9-12H2,1-2H3. The van der Waals surface area contributed by atoms with Crippen molar-refractivity contribution in [2.24, 2.45) is 5.92 Å². The van der Waals surface area contributed by atoms with E-state index in [1.165, 1.54) is 5.56 Å². The number of nitrogens with zero attached hydrogens (tertiary/aromatic N) is 2. The van der Waals surface area contributed by atoms with Gasteiger partial charge in [0.2, 0.25) is 0 Å². The average molecular weight is 289 g/mol. The van der Waals surface area contributed by atoms with E-state index in [1.54, 1.807) is 11.3 Å². The fraction of sp³-hybridized carbons (Fsp3) is 0.500. The highest BCUT2D eigenvalue weighted by Crippen LogP contribution is 2.15. The van der Waals surface area contributed by atoms with Gasteiger partial charge in [0.15, 0.2) is 0 Å². The minimum absolute atomic E-state index is 0.717. The van der Waals surface area contributed by atoms with Gasteiger partial charge >= 0.3 is 0 Å². The zero-order chi connectivity index (χ0) is 14.2. The number of nitrogens with one attached hydrogen (secondary N) is 1. The summed E-state index contributed by atoms with van der Waals surface area (Å²) in [7, 11) is 0. The van der Waals surface area contributed by atoms with E-state index in [4.69, 9.17) is 0 Å². The second-order valence-electron chi connectivity index (χ2n) is 5.45. The molecule has 1 aromatic heterocycles. The van der Waals surface area contributed by atoms with E-state index in [0.717, 1.165) is 42.4 Å². The molecular formula is C16H23N3S. The summed E-state index contributed by atoms with van der Waals surface area (Å²) in [5.74, 6) is 0.717. The van der Waals surface area contributed by atoms with Crippen molar-refractivity contribution in [3.8, 4) is 0 Å². The summed E-state index contributed by atoms with van der Waals surface area (Å²) >= 11 is 1.74. The molecule has 4 heteroatoms. The highest BCUT2D eigenvalue weighted by molar-refractivity contribution is 7.11. The molecule has 1 heterocycles. The second kappa shape index (κ2) is 8.12. The van der Waals surface area contributed by atoms with E-state index < -0.39 is 0 Å². The van der Waals surface area contributed by atoms with Crippen molar-refractivity contribution in [3.05, 3.63) is 45.9 Å². The van der Waals surface area contributed by atoms with E-state index in [2.05, 4.69) is 53.6 Å². The molecular weight excluding hydrogens is 266 g/mol. The van der Waals surface area contributed by atoms with Crippen LogP contribution in [0, 0.1) is 5.92 Å². The number of hydrogen-bond donors (Lipinski definition) is 1. The zero-order valence-corrected chi connectivity index (χ0v) is 13.1. The van der Waals surface area contributed by atoms with Crippen molar-refractivity contribution in [3.63, 3.8) is 0 Å². The number of aryl methyl sites for hydroxylation is 1. The maximum Gasteiger partial charge on any atom is 0.121 e. The number of rotatable bonds is 8. The molecule has 0 saturated carbocycles. The predicted molar refractivity (Wildman–Crippen MR) is 85.2 cm³/mol. The zero-order valence-electron chi connectivity index (χ0n) is 12.3. The van der Waals surface area contributed by atoms with E-state index in [9.17, 15) is 0 Å². The molecule has 1 aromatic carbocycles. The number of aromatic nitrogens is 2. The Labute approximate surface area is 125 Å². The molecule has 2 rings (SSSR count). The van der Waals surface area contributed by atoms with Gasteiger partial charge in [-0.2, -0.15) is 0 Å². The van der Waals surface area contributed by atoms with E-state index in [0.29, 0.717) is 5.92 Å². The van der Waals surface area contributed by atoms with Gasteiger partial charge in [-0.25, -0.2) is 0 Å². The molecule has 0 saturated heterocycles. The maximum atomic E-state index is 4.29. The van der Waals surface area contributed by atoms with Gasteiger partial charge in [0.25, 0.3) is 0 Å². The quantitative estimate of drug-likeness (QED) is 0.758. The summed E-state index contributed by atoms with van der Waals surface area (Å²) in [4.78, 5) is 0. The van der Waals surface area contributed by atoms with Crippen LogP contribution in [0.4, 0.5) is 0 Å². The molecule has 0 atom stereocenters. The Morgan fingerprint density at radius 3 is 2.60 bits per heavy atom. The van der Waals surface area contributed by atoms with E-state index >= 15 is 0 Å². The summed E-state index contributed by atoms with van der Waals surface area (Å²) in [5, 5.41) is 14.3. The summed E-state index contributed by atoms with van der Waals surface area (Å²) in [6.07, 6.45) is 3.05. The topological polar surface area (TPSA) is 37.8 Å².